The molecule has 2 aromatic carbocycles. The second-order valence-corrected chi connectivity index (χ2v) is 12.6. The fourth-order valence-electron chi connectivity index (χ4n) is 5.00. The highest BCUT2D eigenvalue weighted by Gasteiger charge is 2.27. The molecule has 0 radical (unpaired) electrons. The lowest BCUT2D eigenvalue weighted by molar-refractivity contribution is 0.0546. The summed E-state index contributed by atoms with van der Waals surface area (Å²) in [6.45, 7) is 4.99. The van der Waals surface area contributed by atoms with E-state index in [4.69, 9.17) is 0 Å². The van der Waals surface area contributed by atoms with Crippen molar-refractivity contribution in [2.24, 2.45) is 5.41 Å². The van der Waals surface area contributed by atoms with E-state index in [0.29, 0.717) is 21.8 Å². The molecule has 1 aromatic heterocycles. The van der Waals surface area contributed by atoms with Gasteiger partial charge in [0.15, 0.2) is 0 Å². The maximum atomic E-state index is 15.0. The minimum atomic E-state index is -0.843. The van der Waals surface area contributed by atoms with Crippen LogP contribution in [0.4, 0.5) is 4.39 Å². The van der Waals surface area contributed by atoms with Gasteiger partial charge in [-0.1, -0.05) is 13.0 Å². The third-order valence-corrected chi connectivity index (χ3v) is 9.16. The Morgan fingerprint density at radius 2 is 1.85 bits per heavy atom. The first kappa shape index (κ1) is 27.8. The van der Waals surface area contributed by atoms with Gasteiger partial charge in [-0.15, -0.1) is 11.8 Å². The Hall–Kier alpha value is -2.72. The van der Waals surface area contributed by atoms with Gasteiger partial charge in [0.1, 0.15) is 5.82 Å². The van der Waals surface area contributed by atoms with Gasteiger partial charge < -0.3 is 25.4 Å². The summed E-state index contributed by atoms with van der Waals surface area (Å²) >= 11 is 1.73. The number of pyridine rings is 1. The summed E-state index contributed by atoms with van der Waals surface area (Å²) in [5.74, 6) is -0.722. The molecular weight excluding hydrogens is 517 g/mol. The smallest absolute Gasteiger partial charge is 0.258 e. The number of carbonyl (C=O) groups excluding carboxylic acids is 1. The molecule has 2 aliphatic rings. The summed E-state index contributed by atoms with van der Waals surface area (Å²) in [6, 6.07) is 8.67. The average molecular weight is 554 g/mol. The van der Waals surface area contributed by atoms with Gasteiger partial charge in [0.05, 0.1) is 13.2 Å². The number of hydrogen-bond donors (Lipinski definition) is 4. The van der Waals surface area contributed by atoms with Crippen LogP contribution in [0.2, 0.25) is 0 Å². The molecule has 0 unspecified atom stereocenters. The van der Waals surface area contributed by atoms with Crippen LogP contribution < -0.4 is 16.2 Å². The van der Waals surface area contributed by atoms with Crippen molar-refractivity contribution in [3.05, 3.63) is 63.8 Å². The molecular formula is C30H36FN3O4S. The number of aliphatic hydroxyl groups is 2. The first-order valence-electron chi connectivity index (χ1n) is 13.6. The van der Waals surface area contributed by atoms with Crippen LogP contribution in [0.5, 0.6) is 0 Å². The van der Waals surface area contributed by atoms with Crippen LogP contribution in [0, 0.1) is 18.2 Å². The summed E-state index contributed by atoms with van der Waals surface area (Å²) in [5.41, 5.74) is 1.03. The molecule has 1 saturated heterocycles. The van der Waals surface area contributed by atoms with Crippen molar-refractivity contribution in [1.82, 2.24) is 15.2 Å². The van der Waals surface area contributed by atoms with Crippen LogP contribution >= 0.6 is 11.8 Å². The normalized spacial score (nSPS) is 16.5. The summed E-state index contributed by atoms with van der Waals surface area (Å²) in [5, 5.41) is 27.7. The number of nitrogens with one attached hydrogen (secondary N) is 2. The molecule has 4 N–H and O–H groups in total. The predicted octanol–water partition coefficient (Wildman–Crippen LogP) is 3.84. The molecule has 1 aliphatic carbocycles. The molecule has 39 heavy (non-hydrogen) atoms. The Morgan fingerprint density at radius 3 is 2.51 bits per heavy atom. The second kappa shape index (κ2) is 11.4. The molecule has 208 valence electrons. The molecule has 5 rings (SSSR count). The minimum absolute atomic E-state index is 0.168. The van der Waals surface area contributed by atoms with Gasteiger partial charge >= 0.3 is 0 Å². The molecule has 9 heteroatoms. The van der Waals surface area contributed by atoms with Gasteiger partial charge in [0.25, 0.3) is 11.5 Å². The van der Waals surface area contributed by atoms with Gasteiger partial charge in [-0.3, -0.25) is 9.59 Å². The Balaban J connectivity index is 1.61. The number of piperidine rings is 1. The van der Waals surface area contributed by atoms with Crippen molar-refractivity contribution in [3.8, 4) is 11.1 Å². The van der Waals surface area contributed by atoms with E-state index in [-0.39, 0.29) is 42.8 Å². The molecule has 7 nitrogen and oxygen atoms in total. The van der Waals surface area contributed by atoms with Gasteiger partial charge in [-0.2, -0.15) is 0 Å². The fraction of sp³-hybridized carbons (Fsp3) is 0.467. The molecule has 1 aliphatic heterocycles. The third kappa shape index (κ3) is 6.06. The number of aliphatic hydroxyl groups excluding tert-OH is 2. The van der Waals surface area contributed by atoms with Crippen LogP contribution in [0.15, 0.2) is 46.2 Å². The van der Waals surface area contributed by atoms with Crippen LogP contribution in [0.3, 0.4) is 0 Å². The minimum Gasteiger partial charge on any atom is -0.396 e. The Morgan fingerprint density at radius 1 is 1.13 bits per heavy atom. The number of amides is 1. The molecule has 3 aromatic rings. The van der Waals surface area contributed by atoms with E-state index in [9.17, 15) is 24.2 Å². The third-order valence-electron chi connectivity index (χ3n) is 7.77. The van der Waals surface area contributed by atoms with Crippen molar-refractivity contribution >= 4 is 28.4 Å². The highest BCUT2D eigenvalue weighted by atomic mass is 32.2. The average Bonchev–Trinajstić information content (AvgIpc) is 3.77. The number of benzene rings is 2. The van der Waals surface area contributed by atoms with E-state index in [1.54, 1.807) is 48.4 Å². The number of hydrogen-bond acceptors (Lipinski definition) is 6. The lowest BCUT2D eigenvalue weighted by atomic mass is 9.92. The second-order valence-electron chi connectivity index (χ2n) is 11.3. The van der Waals surface area contributed by atoms with Gasteiger partial charge in [-0.05, 0) is 86.7 Å². The fourth-order valence-corrected chi connectivity index (χ4v) is 6.31. The molecule has 1 amide bonds. The maximum Gasteiger partial charge on any atom is 0.258 e. The number of fused-ring (bicyclic) bond motifs is 1. The van der Waals surface area contributed by atoms with E-state index in [1.807, 2.05) is 12.3 Å². The molecule has 2 heterocycles. The van der Waals surface area contributed by atoms with Crippen molar-refractivity contribution < 1.29 is 19.4 Å². The number of thioether (sulfide) groups is 1. The van der Waals surface area contributed by atoms with Gasteiger partial charge in [0.2, 0.25) is 0 Å². The van der Waals surface area contributed by atoms with Crippen molar-refractivity contribution in [3.63, 3.8) is 0 Å². The van der Waals surface area contributed by atoms with Crippen LogP contribution in [-0.4, -0.2) is 58.3 Å². The van der Waals surface area contributed by atoms with Crippen molar-refractivity contribution in [1.29, 1.82) is 0 Å². The Labute approximate surface area is 231 Å². The van der Waals surface area contributed by atoms with Gasteiger partial charge in [-0.25, -0.2) is 4.39 Å². The van der Waals surface area contributed by atoms with Crippen molar-refractivity contribution in [2.45, 2.75) is 62.3 Å². The molecule has 0 atom stereocenters. The van der Waals surface area contributed by atoms with Crippen LogP contribution in [0.25, 0.3) is 21.9 Å². The summed E-state index contributed by atoms with van der Waals surface area (Å²) in [7, 11) is 0. The first-order valence-corrected chi connectivity index (χ1v) is 14.5. The first-order chi connectivity index (χ1) is 18.7. The highest BCUT2D eigenvalue weighted by molar-refractivity contribution is 8.00. The number of aromatic nitrogens is 1. The van der Waals surface area contributed by atoms with Crippen molar-refractivity contribution in [2.75, 3.05) is 26.3 Å². The zero-order valence-corrected chi connectivity index (χ0v) is 23.2. The topological polar surface area (TPSA) is 104 Å². The maximum absolute atomic E-state index is 15.0. The lowest BCUT2D eigenvalue weighted by Crippen LogP contribution is -2.35. The Bertz CT molecular complexity index is 1440. The monoisotopic (exact) mass is 553 g/mol. The van der Waals surface area contributed by atoms with E-state index < -0.39 is 11.2 Å². The van der Waals surface area contributed by atoms with E-state index in [2.05, 4.69) is 10.6 Å². The number of carbonyl (C=O) groups is 1. The molecule has 2 fully saturated rings. The largest absolute Gasteiger partial charge is 0.396 e. The summed E-state index contributed by atoms with van der Waals surface area (Å²) in [6.07, 6.45) is 5.72. The molecule has 1 saturated carbocycles. The van der Waals surface area contributed by atoms with Crippen LogP contribution in [0.1, 0.15) is 48.5 Å². The van der Waals surface area contributed by atoms with Crippen LogP contribution in [-0.2, 0) is 6.54 Å². The van der Waals surface area contributed by atoms with E-state index in [1.165, 1.54) is 6.07 Å². The SMILES string of the molecule is Cc1c(F)cc(C(=O)NC2CC2)cc1-c1ccc2c(=O)n(CC(C)(CO)CO)cc(SC3CCNCC3)c2c1. The van der Waals surface area contributed by atoms with E-state index >= 15 is 0 Å². The summed E-state index contributed by atoms with van der Waals surface area (Å²) in [4.78, 5) is 27.2. The molecule has 0 bridgehead atoms. The zero-order chi connectivity index (χ0) is 27.7. The Kier molecular flexibility index (Phi) is 8.14. The number of rotatable bonds is 9. The standard InChI is InChI=1S/C30H36FN3O4S/c1-18-24(12-20(13-26(18)31)28(37)33-21-4-5-21)19-3-6-23-25(11-19)27(39-22-7-9-32-10-8-22)14-34(29(23)38)15-30(2,16-35)17-36/h3,6,11-14,21-22,32,35-36H,4-5,7-10,15-17H2,1-2H3,(H,33,37). The number of halogens is 1. The van der Waals surface area contributed by atoms with Gasteiger partial charge in [0, 0.05) is 50.7 Å². The zero-order valence-electron chi connectivity index (χ0n) is 22.4. The summed E-state index contributed by atoms with van der Waals surface area (Å²) < 4.78 is 16.6. The predicted molar refractivity (Wildman–Crippen MR) is 153 cm³/mol. The quantitative estimate of drug-likeness (QED) is 0.321. The number of nitrogens with zero attached hydrogens (tertiary/aromatic N) is 1. The highest BCUT2D eigenvalue weighted by Crippen LogP contribution is 2.36. The van der Waals surface area contributed by atoms with E-state index in [0.717, 1.165) is 54.6 Å². The lowest BCUT2D eigenvalue weighted by Gasteiger charge is -2.27. The molecule has 0 spiro atoms.